The first-order chi connectivity index (χ1) is 14.1. The van der Waals surface area contributed by atoms with E-state index in [0.717, 1.165) is 0 Å². The topological polar surface area (TPSA) is 132 Å². The number of rotatable bonds is 7. The van der Waals surface area contributed by atoms with Crippen LogP contribution in [0.3, 0.4) is 0 Å². The first-order valence-electron chi connectivity index (χ1n) is 9.54. The van der Waals surface area contributed by atoms with Crippen LogP contribution in [0.25, 0.3) is 0 Å². The second kappa shape index (κ2) is 10.8. The lowest BCUT2D eigenvalue weighted by Gasteiger charge is -2.44. The van der Waals surface area contributed by atoms with E-state index in [9.17, 15) is 24.0 Å². The molecule has 0 N–H and O–H groups in total. The molecule has 0 bridgehead atoms. The zero-order valence-electron chi connectivity index (χ0n) is 17.3. The van der Waals surface area contributed by atoms with Gasteiger partial charge in [-0.1, -0.05) is 0 Å². The lowest BCUT2D eigenvalue weighted by Crippen LogP contribution is -2.61. The second-order valence-electron chi connectivity index (χ2n) is 7.11. The Labute approximate surface area is 178 Å². The third-order valence-corrected chi connectivity index (χ3v) is 5.91. The van der Waals surface area contributed by atoms with Gasteiger partial charge in [-0.25, -0.2) is 0 Å². The molecule has 1 aliphatic heterocycles. The Bertz CT molecular complexity index is 693. The van der Waals surface area contributed by atoms with Crippen LogP contribution in [0.5, 0.6) is 0 Å². The van der Waals surface area contributed by atoms with Crippen molar-refractivity contribution in [1.29, 1.82) is 0 Å². The summed E-state index contributed by atoms with van der Waals surface area (Å²) < 4.78 is 27.1. The van der Waals surface area contributed by atoms with Gasteiger partial charge in [0.25, 0.3) is 0 Å². The highest BCUT2D eigenvalue weighted by atomic mass is 32.2. The van der Waals surface area contributed by atoms with E-state index >= 15 is 0 Å². The molecule has 1 saturated heterocycles. The van der Waals surface area contributed by atoms with Gasteiger partial charge >= 0.3 is 23.9 Å². The van der Waals surface area contributed by atoms with Gasteiger partial charge in [-0.05, 0) is 6.42 Å². The number of Topliss-reactive ketones (excluding diaryl/α,β-unsaturated/α-hetero) is 1. The van der Waals surface area contributed by atoms with Gasteiger partial charge in [-0.3, -0.25) is 24.0 Å². The van der Waals surface area contributed by atoms with Gasteiger partial charge in [0.2, 0.25) is 0 Å². The third-order valence-electron chi connectivity index (χ3n) is 4.48. The Kier molecular flexibility index (Phi) is 8.65. The molecule has 1 unspecified atom stereocenters. The average molecular weight is 446 g/mol. The van der Waals surface area contributed by atoms with Gasteiger partial charge in [-0.15, -0.1) is 11.8 Å². The fourth-order valence-corrected chi connectivity index (χ4v) is 4.87. The van der Waals surface area contributed by atoms with Gasteiger partial charge in [0.05, 0.1) is 0 Å². The van der Waals surface area contributed by atoms with Gasteiger partial charge in [0, 0.05) is 45.8 Å². The van der Waals surface area contributed by atoms with Gasteiger partial charge in [-0.2, -0.15) is 0 Å². The molecule has 168 valence electrons. The summed E-state index contributed by atoms with van der Waals surface area (Å²) in [5.74, 6) is -2.45. The molecule has 10 nitrogen and oxygen atoms in total. The fraction of sp³-hybridized carbons (Fsp3) is 0.737. The molecule has 1 heterocycles. The molecule has 11 heteroatoms. The predicted molar refractivity (Wildman–Crippen MR) is 102 cm³/mol. The van der Waals surface area contributed by atoms with E-state index in [0.29, 0.717) is 19.3 Å². The largest absolute Gasteiger partial charge is 0.463 e. The summed E-state index contributed by atoms with van der Waals surface area (Å²) in [5, 5.41) is -0.0711. The number of thioether (sulfide) groups is 1. The molecule has 2 aliphatic rings. The summed E-state index contributed by atoms with van der Waals surface area (Å²) in [7, 11) is 0. The van der Waals surface area contributed by atoms with Crippen molar-refractivity contribution in [1.82, 2.24) is 0 Å². The number of ketones is 1. The van der Waals surface area contributed by atoms with Gasteiger partial charge in [0.1, 0.15) is 23.9 Å². The molecule has 0 amide bonds. The van der Waals surface area contributed by atoms with Crippen LogP contribution in [0, 0.1) is 0 Å². The smallest absolute Gasteiger partial charge is 0.303 e. The van der Waals surface area contributed by atoms with Crippen molar-refractivity contribution in [2.24, 2.45) is 0 Å². The first kappa shape index (κ1) is 24.1. The Morgan fingerprint density at radius 3 is 1.97 bits per heavy atom. The molecule has 0 aromatic carbocycles. The molecular weight excluding hydrogens is 420 g/mol. The molecule has 30 heavy (non-hydrogen) atoms. The summed E-state index contributed by atoms with van der Waals surface area (Å²) in [4.78, 5) is 58.1. The second-order valence-corrected chi connectivity index (χ2v) is 8.51. The Morgan fingerprint density at radius 1 is 0.900 bits per heavy atom. The van der Waals surface area contributed by atoms with Crippen LogP contribution < -0.4 is 0 Å². The summed E-state index contributed by atoms with van der Waals surface area (Å²) in [6.45, 7) is 4.48. The van der Waals surface area contributed by atoms with Crippen LogP contribution in [0.2, 0.25) is 0 Å². The highest BCUT2D eigenvalue weighted by molar-refractivity contribution is 8.00. The number of hydrogen-bond acceptors (Lipinski definition) is 11. The monoisotopic (exact) mass is 446 g/mol. The molecule has 2 fully saturated rings. The Balaban J connectivity index is 2.35. The normalized spacial score (nSPS) is 31.0. The van der Waals surface area contributed by atoms with E-state index < -0.39 is 53.7 Å². The Morgan fingerprint density at radius 2 is 1.47 bits per heavy atom. The molecule has 6 atom stereocenters. The van der Waals surface area contributed by atoms with Crippen LogP contribution in [-0.4, -0.2) is 71.4 Å². The van der Waals surface area contributed by atoms with E-state index in [2.05, 4.69) is 0 Å². The van der Waals surface area contributed by atoms with E-state index in [1.165, 1.54) is 39.5 Å². The lowest BCUT2D eigenvalue weighted by atomic mass is 9.99. The minimum absolute atomic E-state index is 0.0711. The van der Waals surface area contributed by atoms with Crippen LogP contribution in [0.15, 0.2) is 0 Å². The number of carbonyl (C=O) groups excluding carboxylic acids is 5. The van der Waals surface area contributed by atoms with Crippen molar-refractivity contribution < 1.29 is 47.7 Å². The van der Waals surface area contributed by atoms with Crippen molar-refractivity contribution in [2.45, 2.75) is 82.1 Å². The van der Waals surface area contributed by atoms with Gasteiger partial charge in [0.15, 0.2) is 18.3 Å². The quantitative estimate of drug-likeness (QED) is 0.408. The minimum atomic E-state index is -1.18. The maximum absolute atomic E-state index is 11.8. The SMILES string of the molecule is CC(=O)OC[C@H]1O[C@@H](SC2CCC(=O)C2)[C@H](OC(C)=O)[C@@H](OC(C)=O)[C@@H]1OC(C)=O. The highest BCUT2D eigenvalue weighted by Gasteiger charge is 2.53. The third kappa shape index (κ3) is 6.98. The van der Waals surface area contributed by atoms with Crippen LogP contribution >= 0.6 is 11.8 Å². The first-order valence-corrected chi connectivity index (χ1v) is 10.5. The van der Waals surface area contributed by atoms with E-state index in [1.807, 2.05) is 0 Å². The minimum Gasteiger partial charge on any atom is -0.463 e. The number of hydrogen-bond donors (Lipinski definition) is 0. The summed E-state index contributed by atoms with van der Waals surface area (Å²) in [5.41, 5.74) is -0.832. The molecule has 0 aromatic rings. The molecule has 0 spiro atoms. The van der Waals surface area contributed by atoms with Crippen molar-refractivity contribution in [3.8, 4) is 0 Å². The molecular formula is C19H26O10S. The standard InChI is InChI=1S/C19H26O10S/c1-9(20)25-8-15-16(26-10(2)21)17(27-11(3)22)18(28-12(4)23)19(29-15)30-14-6-5-13(24)7-14/h14-19H,5-8H2,1-4H3/t14?,15-,16-,17+,18-,19+/m1/s1. The average Bonchev–Trinajstić information content (AvgIpc) is 3.02. The summed E-state index contributed by atoms with van der Waals surface area (Å²) in [6, 6.07) is 0. The summed E-state index contributed by atoms with van der Waals surface area (Å²) >= 11 is 1.28. The zero-order valence-corrected chi connectivity index (χ0v) is 18.1. The lowest BCUT2D eigenvalue weighted by molar-refractivity contribution is -0.237. The predicted octanol–water partition coefficient (Wildman–Crippen LogP) is 0.924. The Hall–Kier alpha value is -2.14. The molecule has 1 aliphatic carbocycles. The number of ether oxygens (including phenoxy) is 5. The number of carbonyl (C=O) groups is 5. The molecule has 1 saturated carbocycles. The van der Waals surface area contributed by atoms with E-state index in [1.54, 1.807) is 0 Å². The van der Waals surface area contributed by atoms with Crippen molar-refractivity contribution >= 4 is 41.4 Å². The van der Waals surface area contributed by atoms with E-state index in [4.69, 9.17) is 23.7 Å². The molecule has 2 rings (SSSR count). The highest BCUT2D eigenvalue weighted by Crippen LogP contribution is 2.39. The van der Waals surface area contributed by atoms with Crippen molar-refractivity contribution in [3.05, 3.63) is 0 Å². The van der Waals surface area contributed by atoms with Crippen molar-refractivity contribution in [3.63, 3.8) is 0 Å². The van der Waals surface area contributed by atoms with Crippen LogP contribution in [0.1, 0.15) is 47.0 Å². The number of esters is 4. The van der Waals surface area contributed by atoms with Crippen LogP contribution in [0.4, 0.5) is 0 Å². The zero-order chi connectivity index (χ0) is 22.4. The maximum Gasteiger partial charge on any atom is 0.303 e. The summed E-state index contributed by atoms with van der Waals surface area (Å²) in [6.07, 6.45) is -2.98. The van der Waals surface area contributed by atoms with Crippen LogP contribution in [-0.2, 0) is 47.7 Å². The van der Waals surface area contributed by atoms with E-state index in [-0.39, 0.29) is 17.6 Å². The van der Waals surface area contributed by atoms with Crippen molar-refractivity contribution in [2.75, 3.05) is 6.61 Å². The maximum atomic E-state index is 11.8. The fourth-order valence-electron chi connectivity index (χ4n) is 3.38. The molecule has 0 radical (unpaired) electrons. The van der Waals surface area contributed by atoms with Gasteiger partial charge < -0.3 is 23.7 Å². The molecule has 0 aromatic heterocycles.